The van der Waals surface area contributed by atoms with Gasteiger partial charge in [0.15, 0.2) is 11.9 Å². The molecule has 1 heterocycles. The van der Waals surface area contributed by atoms with Crippen molar-refractivity contribution < 1.29 is 47.1 Å². The second-order valence-corrected chi connectivity index (χ2v) is 6.49. The third-order valence-electron chi connectivity index (χ3n) is 3.69. The van der Waals surface area contributed by atoms with Gasteiger partial charge in [0.2, 0.25) is 0 Å². The maximum Gasteiger partial charge on any atom is 0.397 e. The molecular formula is C12H17NO10S. The summed E-state index contributed by atoms with van der Waals surface area (Å²) in [5, 5.41) is 47.7. The topological polar surface area (TPSA) is 187 Å². The lowest BCUT2D eigenvalue weighted by Gasteiger charge is -2.41. The summed E-state index contributed by atoms with van der Waals surface area (Å²) in [6, 6.07) is 1.76. The van der Waals surface area contributed by atoms with E-state index in [1.807, 2.05) is 0 Å². The van der Waals surface area contributed by atoms with E-state index in [0.717, 1.165) is 6.08 Å². The third-order valence-corrected chi connectivity index (χ3v) is 4.18. The molecule has 2 aliphatic rings. The predicted molar refractivity (Wildman–Crippen MR) is 73.4 cm³/mol. The van der Waals surface area contributed by atoms with Gasteiger partial charge in [-0.15, -0.1) is 0 Å². The highest BCUT2D eigenvalue weighted by Crippen LogP contribution is 2.33. The molecule has 24 heavy (non-hydrogen) atoms. The molecule has 1 aliphatic heterocycles. The van der Waals surface area contributed by atoms with Crippen LogP contribution in [-0.2, 0) is 24.1 Å². The summed E-state index contributed by atoms with van der Waals surface area (Å²) in [6.45, 7) is -0.672. The van der Waals surface area contributed by atoms with Crippen LogP contribution >= 0.6 is 0 Å². The van der Waals surface area contributed by atoms with Crippen LogP contribution < -0.4 is 0 Å². The number of hydrogen-bond acceptors (Lipinski definition) is 10. The minimum absolute atomic E-state index is 0.335. The Balaban J connectivity index is 2.11. The lowest BCUT2D eigenvalue weighted by Crippen LogP contribution is -2.60. The zero-order valence-corrected chi connectivity index (χ0v) is 13.0. The van der Waals surface area contributed by atoms with Gasteiger partial charge in [-0.05, 0) is 6.08 Å². The first kappa shape index (κ1) is 19.2. The molecule has 12 heteroatoms. The molecule has 5 N–H and O–H groups in total. The van der Waals surface area contributed by atoms with Gasteiger partial charge in [0.05, 0.1) is 6.61 Å². The van der Waals surface area contributed by atoms with Gasteiger partial charge in [0.25, 0.3) is 0 Å². The van der Waals surface area contributed by atoms with Crippen molar-refractivity contribution in [3.8, 4) is 6.07 Å². The van der Waals surface area contributed by atoms with Crippen molar-refractivity contribution in [3.05, 3.63) is 12.2 Å². The summed E-state index contributed by atoms with van der Waals surface area (Å²) in [4.78, 5) is 0. The number of rotatable bonds is 5. The van der Waals surface area contributed by atoms with Crippen molar-refractivity contribution in [1.29, 1.82) is 5.26 Å². The Hall–Kier alpha value is -1.14. The van der Waals surface area contributed by atoms with Crippen molar-refractivity contribution in [1.82, 2.24) is 0 Å². The summed E-state index contributed by atoms with van der Waals surface area (Å²) in [7, 11) is -4.74. The highest BCUT2D eigenvalue weighted by Gasteiger charge is 2.48. The van der Waals surface area contributed by atoms with Crippen LogP contribution in [0.4, 0.5) is 0 Å². The summed E-state index contributed by atoms with van der Waals surface area (Å²) in [5.41, 5.74) is -1.76. The van der Waals surface area contributed by atoms with Crippen molar-refractivity contribution in [2.75, 3.05) is 6.61 Å². The molecule has 1 saturated heterocycles. The van der Waals surface area contributed by atoms with E-state index in [0.29, 0.717) is 0 Å². The molecule has 0 aromatic heterocycles. The minimum Gasteiger partial charge on any atom is -0.394 e. The summed E-state index contributed by atoms with van der Waals surface area (Å²) in [6.07, 6.45) is -6.98. The van der Waals surface area contributed by atoms with E-state index in [2.05, 4.69) is 4.18 Å². The number of nitrogens with zero attached hydrogens (tertiary/aromatic N) is 1. The lowest BCUT2D eigenvalue weighted by atomic mass is 9.98. The van der Waals surface area contributed by atoms with Gasteiger partial charge in [0, 0.05) is 6.42 Å². The Bertz CT molecular complexity index is 628. The first-order chi connectivity index (χ1) is 11.1. The molecule has 0 aromatic rings. The zero-order valence-electron chi connectivity index (χ0n) is 12.2. The quantitative estimate of drug-likeness (QED) is 0.250. The molecule has 0 radical (unpaired) electrons. The highest BCUT2D eigenvalue weighted by molar-refractivity contribution is 7.80. The fourth-order valence-electron chi connectivity index (χ4n) is 2.49. The van der Waals surface area contributed by atoms with Gasteiger partial charge in [-0.3, -0.25) is 4.55 Å². The molecule has 0 saturated carbocycles. The van der Waals surface area contributed by atoms with Gasteiger partial charge in [0.1, 0.15) is 36.6 Å². The standard InChI is InChI=1S/C12H17NO10S/c13-5-12(2-1-6(3-12)23-24(18,19)20)22-11-10(17)9(16)8(15)7(4-14)21-11/h1-2,6-11,14-17H,3-4H2,(H,18,19,20). The molecule has 0 spiro atoms. The first-order valence-electron chi connectivity index (χ1n) is 6.85. The predicted octanol–water partition coefficient (Wildman–Crippen LogP) is -2.79. The molecule has 7 atom stereocenters. The Morgan fingerprint density at radius 3 is 2.50 bits per heavy atom. The molecule has 0 aromatic carbocycles. The second kappa shape index (κ2) is 7.00. The smallest absolute Gasteiger partial charge is 0.394 e. The molecule has 136 valence electrons. The van der Waals surface area contributed by atoms with Gasteiger partial charge >= 0.3 is 10.4 Å². The SMILES string of the molecule is N#CC1(OC2OC(CO)C(O)C(O)C2O)C=CC(OS(=O)(=O)O)C1. The number of aliphatic hydroxyl groups is 4. The Morgan fingerprint density at radius 2 is 1.96 bits per heavy atom. The summed E-state index contributed by atoms with van der Waals surface area (Å²) >= 11 is 0. The monoisotopic (exact) mass is 367 g/mol. The molecule has 0 amide bonds. The van der Waals surface area contributed by atoms with Crippen LogP contribution in [0.2, 0.25) is 0 Å². The van der Waals surface area contributed by atoms with Gasteiger partial charge in [-0.25, -0.2) is 4.18 Å². The van der Waals surface area contributed by atoms with E-state index in [-0.39, 0.29) is 6.42 Å². The maximum absolute atomic E-state index is 10.7. The van der Waals surface area contributed by atoms with Crippen molar-refractivity contribution >= 4 is 10.4 Å². The molecule has 7 unspecified atom stereocenters. The van der Waals surface area contributed by atoms with E-state index in [1.165, 1.54) is 6.08 Å². The molecule has 1 aliphatic carbocycles. The van der Waals surface area contributed by atoms with Crippen LogP contribution in [0.1, 0.15) is 6.42 Å². The average Bonchev–Trinajstić information content (AvgIpc) is 2.89. The second-order valence-electron chi connectivity index (χ2n) is 5.44. The van der Waals surface area contributed by atoms with E-state index < -0.39 is 59.4 Å². The summed E-state index contributed by atoms with van der Waals surface area (Å²) in [5.74, 6) is 0. The molecular weight excluding hydrogens is 350 g/mol. The Labute approximate surface area is 137 Å². The van der Waals surface area contributed by atoms with Crippen molar-refractivity contribution in [2.24, 2.45) is 0 Å². The fourth-order valence-corrected chi connectivity index (χ4v) is 2.93. The van der Waals surface area contributed by atoms with Crippen molar-refractivity contribution in [3.63, 3.8) is 0 Å². The van der Waals surface area contributed by atoms with Crippen LogP contribution in [0.15, 0.2) is 12.2 Å². The van der Waals surface area contributed by atoms with Crippen LogP contribution in [0, 0.1) is 11.3 Å². The van der Waals surface area contributed by atoms with Gasteiger partial charge in [-0.1, -0.05) is 6.08 Å². The van der Waals surface area contributed by atoms with E-state index in [1.54, 1.807) is 6.07 Å². The molecule has 1 fully saturated rings. The van der Waals surface area contributed by atoms with Crippen molar-refractivity contribution in [2.45, 2.75) is 48.8 Å². The van der Waals surface area contributed by atoms with Crippen LogP contribution in [0.25, 0.3) is 0 Å². The van der Waals surface area contributed by atoms with E-state index in [4.69, 9.17) is 19.1 Å². The van der Waals surface area contributed by atoms with E-state index in [9.17, 15) is 29.0 Å². The van der Waals surface area contributed by atoms with Crippen LogP contribution in [0.5, 0.6) is 0 Å². The fraction of sp³-hybridized carbons (Fsp3) is 0.750. The number of aliphatic hydroxyl groups excluding tert-OH is 4. The summed E-state index contributed by atoms with van der Waals surface area (Å²) < 4.78 is 44.9. The highest BCUT2D eigenvalue weighted by atomic mass is 32.3. The molecule has 2 rings (SSSR count). The number of ether oxygens (including phenoxy) is 2. The van der Waals surface area contributed by atoms with Gasteiger partial charge < -0.3 is 29.9 Å². The first-order valence-corrected chi connectivity index (χ1v) is 8.22. The van der Waals surface area contributed by atoms with E-state index >= 15 is 0 Å². The largest absolute Gasteiger partial charge is 0.397 e. The zero-order chi connectivity index (χ0) is 18.1. The normalized spacial score (nSPS) is 42.8. The number of hydrogen-bond donors (Lipinski definition) is 5. The number of nitriles is 1. The maximum atomic E-state index is 10.7. The third kappa shape index (κ3) is 4.09. The van der Waals surface area contributed by atoms with Gasteiger partial charge in [-0.2, -0.15) is 13.7 Å². The average molecular weight is 367 g/mol. The minimum atomic E-state index is -4.74. The Morgan fingerprint density at radius 1 is 1.29 bits per heavy atom. The molecule has 0 bridgehead atoms. The lowest BCUT2D eigenvalue weighted by molar-refractivity contribution is -0.315. The van der Waals surface area contributed by atoms with Crippen LogP contribution in [0.3, 0.4) is 0 Å². The molecule has 11 nitrogen and oxygen atoms in total. The Kier molecular flexibility index (Phi) is 5.60. The van der Waals surface area contributed by atoms with Crippen LogP contribution in [-0.4, -0.2) is 82.4 Å².